The van der Waals surface area contributed by atoms with Crippen LogP contribution in [-0.2, 0) is 0 Å². The van der Waals surface area contributed by atoms with Crippen LogP contribution in [0.3, 0.4) is 0 Å². The van der Waals surface area contributed by atoms with E-state index in [2.05, 4.69) is 0 Å². The Kier molecular flexibility index (Phi) is 6.27. The summed E-state index contributed by atoms with van der Waals surface area (Å²) in [6.07, 6.45) is 4.51. The van der Waals surface area contributed by atoms with E-state index >= 15 is 0 Å². The van der Waals surface area contributed by atoms with Gasteiger partial charge in [-0.25, -0.2) is 0 Å². The third kappa shape index (κ3) is 4.86. The maximum Gasteiger partial charge on any atom is 0.137 e. The van der Waals surface area contributed by atoms with Gasteiger partial charge in [-0.3, -0.25) is 0 Å². The van der Waals surface area contributed by atoms with E-state index in [4.69, 9.17) is 22.1 Å². The second-order valence-corrected chi connectivity index (χ2v) is 4.39. The summed E-state index contributed by atoms with van der Waals surface area (Å²) in [7, 11) is 0. The molecule has 0 spiro atoms. The van der Waals surface area contributed by atoms with Gasteiger partial charge >= 0.3 is 0 Å². The van der Waals surface area contributed by atoms with Crippen LogP contribution in [-0.4, -0.2) is 13.2 Å². The highest BCUT2D eigenvalue weighted by Gasteiger charge is 2.00. The lowest BCUT2D eigenvalue weighted by molar-refractivity contribution is 0.305. The van der Waals surface area contributed by atoms with Gasteiger partial charge in [0.25, 0.3) is 0 Å². The van der Waals surface area contributed by atoms with Crippen LogP contribution < -0.4 is 10.5 Å². The van der Waals surface area contributed by atoms with Crippen LogP contribution in [0.5, 0.6) is 5.75 Å². The van der Waals surface area contributed by atoms with Crippen LogP contribution in [0, 0.1) is 6.92 Å². The number of ether oxygens (including phenoxy) is 1. The Morgan fingerprint density at radius 2 is 1.94 bits per heavy atom. The second kappa shape index (κ2) is 7.53. The first-order valence-corrected chi connectivity index (χ1v) is 6.21. The van der Waals surface area contributed by atoms with Crippen molar-refractivity contribution >= 4 is 11.6 Å². The molecule has 1 aromatic rings. The quantitative estimate of drug-likeness (QED) is 0.741. The van der Waals surface area contributed by atoms with Gasteiger partial charge in [0, 0.05) is 0 Å². The Morgan fingerprint density at radius 3 is 2.62 bits per heavy atom. The lowest BCUT2D eigenvalue weighted by Crippen LogP contribution is -2.00. The minimum Gasteiger partial charge on any atom is -0.492 e. The van der Waals surface area contributed by atoms with Crippen LogP contribution in [0.2, 0.25) is 5.02 Å². The van der Waals surface area contributed by atoms with Gasteiger partial charge in [-0.15, -0.1) is 0 Å². The number of nitrogens with two attached hydrogens (primary N) is 1. The van der Waals surface area contributed by atoms with E-state index < -0.39 is 0 Å². The first-order valence-electron chi connectivity index (χ1n) is 5.83. The Labute approximate surface area is 103 Å². The molecule has 0 saturated heterocycles. The van der Waals surface area contributed by atoms with Crippen LogP contribution in [0.25, 0.3) is 0 Å². The van der Waals surface area contributed by atoms with Crippen LogP contribution in [0.4, 0.5) is 0 Å². The Balaban J connectivity index is 2.21. The van der Waals surface area contributed by atoms with Crippen LogP contribution in [0.15, 0.2) is 18.2 Å². The van der Waals surface area contributed by atoms with Crippen molar-refractivity contribution in [3.63, 3.8) is 0 Å². The summed E-state index contributed by atoms with van der Waals surface area (Å²) >= 11 is 6.05. The van der Waals surface area contributed by atoms with E-state index in [-0.39, 0.29) is 0 Å². The molecule has 0 aliphatic carbocycles. The number of benzene rings is 1. The molecule has 0 saturated carbocycles. The highest BCUT2D eigenvalue weighted by atomic mass is 35.5. The predicted octanol–water partition coefficient (Wildman–Crippen LogP) is 3.55. The van der Waals surface area contributed by atoms with Gasteiger partial charge in [0.2, 0.25) is 0 Å². The normalized spacial score (nSPS) is 10.4. The van der Waals surface area contributed by atoms with Gasteiger partial charge in [0.1, 0.15) is 5.75 Å². The van der Waals surface area contributed by atoms with Gasteiger partial charge in [-0.05, 0) is 44.0 Å². The van der Waals surface area contributed by atoms with Crippen LogP contribution in [0.1, 0.15) is 31.2 Å². The fraction of sp³-hybridized carbons (Fsp3) is 0.538. The number of aryl methyl sites for hydroxylation is 1. The molecule has 0 bridgehead atoms. The molecular formula is C13H20ClNO. The summed E-state index contributed by atoms with van der Waals surface area (Å²) in [6.45, 7) is 3.53. The smallest absolute Gasteiger partial charge is 0.137 e. The first kappa shape index (κ1) is 13.3. The van der Waals surface area contributed by atoms with Gasteiger partial charge in [-0.2, -0.15) is 0 Å². The number of halogens is 1. The number of hydrogen-bond acceptors (Lipinski definition) is 2. The van der Waals surface area contributed by atoms with Crippen molar-refractivity contribution in [2.45, 2.75) is 32.6 Å². The average Bonchev–Trinajstić information content (AvgIpc) is 2.26. The molecule has 0 aromatic heterocycles. The van der Waals surface area contributed by atoms with E-state index in [0.29, 0.717) is 5.02 Å². The summed E-state index contributed by atoms with van der Waals surface area (Å²) in [5.74, 6) is 0.783. The third-order valence-electron chi connectivity index (χ3n) is 2.44. The zero-order valence-electron chi connectivity index (χ0n) is 9.84. The number of rotatable bonds is 7. The maximum absolute atomic E-state index is 6.05. The van der Waals surface area contributed by atoms with Crippen LogP contribution >= 0.6 is 11.6 Å². The molecule has 90 valence electrons. The van der Waals surface area contributed by atoms with Crippen molar-refractivity contribution in [3.05, 3.63) is 28.8 Å². The summed E-state index contributed by atoms with van der Waals surface area (Å²) in [5.41, 5.74) is 6.57. The van der Waals surface area contributed by atoms with Crippen molar-refractivity contribution in [3.8, 4) is 5.75 Å². The molecule has 0 unspecified atom stereocenters. The summed E-state index contributed by atoms with van der Waals surface area (Å²) < 4.78 is 5.61. The molecule has 0 aliphatic rings. The second-order valence-electron chi connectivity index (χ2n) is 3.99. The molecule has 0 heterocycles. The van der Waals surface area contributed by atoms with Crippen molar-refractivity contribution in [1.29, 1.82) is 0 Å². The molecule has 1 aromatic carbocycles. The largest absolute Gasteiger partial charge is 0.492 e. The lowest BCUT2D eigenvalue weighted by atomic mass is 10.2. The minimum absolute atomic E-state index is 0.696. The molecule has 16 heavy (non-hydrogen) atoms. The lowest BCUT2D eigenvalue weighted by Gasteiger charge is -2.08. The molecule has 0 aliphatic heterocycles. The minimum atomic E-state index is 0.696. The van der Waals surface area contributed by atoms with Crippen molar-refractivity contribution in [2.24, 2.45) is 5.73 Å². The summed E-state index contributed by atoms with van der Waals surface area (Å²) in [6, 6.07) is 5.86. The Hall–Kier alpha value is -0.730. The molecule has 0 radical (unpaired) electrons. The standard InChI is InChI=1S/C13H20ClNO/c1-11-6-7-13(12(14)10-11)16-9-5-3-2-4-8-15/h6-7,10H,2-5,8-9,15H2,1H3. The monoisotopic (exact) mass is 241 g/mol. The van der Waals surface area contributed by atoms with E-state index in [1.165, 1.54) is 12.8 Å². The van der Waals surface area contributed by atoms with Gasteiger partial charge < -0.3 is 10.5 Å². The predicted molar refractivity (Wildman–Crippen MR) is 69.2 cm³/mol. The molecule has 0 fully saturated rings. The van der Waals surface area contributed by atoms with Gasteiger partial charge in [0.15, 0.2) is 0 Å². The summed E-state index contributed by atoms with van der Waals surface area (Å²) in [5, 5.41) is 0.696. The molecule has 2 nitrogen and oxygen atoms in total. The fourth-order valence-electron chi connectivity index (χ4n) is 1.51. The molecule has 0 atom stereocenters. The van der Waals surface area contributed by atoms with Gasteiger partial charge in [0.05, 0.1) is 11.6 Å². The topological polar surface area (TPSA) is 35.2 Å². The van der Waals surface area contributed by atoms with Crippen molar-refractivity contribution in [2.75, 3.05) is 13.2 Å². The van der Waals surface area contributed by atoms with E-state index in [1.54, 1.807) is 0 Å². The zero-order chi connectivity index (χ0) is 11.8. The molecule has 0 amide bonds. The van der Waals surface area contributed by atoms with Crippen molar-refractivity contribution in [1.82, 2.24) is 0 Å². The van der Waals surface area contributed by atoms with E-state index in [1.807, 2.05) is 25.1 Å². The zero-order valence-corrected chi connectivity index (χ0v) is 10.6. The van der Waals surface area contributed by atoms with Gasteiger partial charge in [-0.1, -0.05) is 30.5 Å². The number of hydrogen-bond donors (Lipinski definition) is 1. The highest BCUT2D eigenvalue weighted by molar-refractivity contribution is 6.32. The number of unbranched alkanes of at least 4 members (excludes halogenated alkanes) is 3. The Morgan fingerprint density at radius 1 is 1.19 bits per heavy atom. The molecule has 3 heteroatoms. The third-order valence-corrected chi connectivity index (χ3v) is 2.74. The first-order chi connectivity index (χ1) is 7.74. The van der Waals surface area contributed by atoms with E-state index in [0.717, 1.165) is 37.3 Å². The van der Waals surface area contributed by atoms with E-state index in [9.17, 15) is 0 Å². The highest BCUT2D eigenvalue weighted by Crippen LogP contribution is 2.25. The molecule has 2 N–H and O–H groups in total. The SMILES string of the molecule is Cc1ccc(OCCCCCCN)c(Cl)c1. The Bertz CT molecular complexity index is 315. The fourth-order valence-corrected chi connectivity index (χ4v) is 1.79. The molecular weight excluding hydrogens is 222 g/mol. The summed E-state index contributed by atoms with van der Waals surface area (Å²) in [4.78, 5) is 0. The van der Waals surface area contributed by atoms with Crippen molar-refractivity contribution < 1.29 is 4.74 Å². The maximum atomic E-state index is 6.05. The molecule has 1 rings (SSSR count). The average molecular weight is 242 g/mol.